The third-order valence-electron chi connectivity index (χ3n) is 4.98. The Bertz CT molecular complexity index is 1170. The molecule has 8 nitrogen and oxygen atoms in total. The zero-order valence-corrected chi connectivity index (χ0v) is 17.2. The van der Waals surface area contributed by atoms with E-state index in [1.54, 1.807) is 16.2 Å². The van der Waals surface area contributed by atoms with Crippen LogP contribution in [0.1, 0.15) is 21.8 Å². The van der Waals surface area contributed by atoms with Crippen molar-refractivity contribution in [3.63, 3.8) is 0 Å². The Morgan fingerprint density at radius 2 is 2.10 bits per heavy atom. The summed E-state index contributed by atoms with van der Waals surface area (Å²) in [6.07, 6.45) is 0.0530. The number of carbonyl (C=O) groups is 3. The normalized spacial score (nSPS) is 16.1. The SMILES string of the molecule is COC(=O)c1cccc(NC(=O)C2CC(=O)N(c3ccc4sc(C)nc4c3)C2)c1O. The number of benzene rings is 2. The van der Waals surface area contributed by atoms with Gasteiger partial charge in [-0.3, -0.25) is 9.59 Å². The summed E-state index contributed by atoms with van der Waals surface area (Å²) in [7, 11) is 1.20. The smallest absolute Gasteiger partial charge is 0.341 e. The topological polar surface area (TPSA) is 109 Å². The maximum atomic E-state index is 12.7. The molecule has 1 aliphatic rings. The number of rotatable bonds is 4. The number of aromatic nitrogens is 1. The van der Waals surface area contributed by atoms with Gasteiger partial charge < -0.3 is 20.1 Å². The minimum absolute atomic E-state index is 0.0497. The van der Waals surface area contributed by atoms with Crippen molar-refractivity contribution in [2.45, 2.75) is 13.3 Å². The first-order valence-electron chi connectivity index (χ1n) is 9.26. The summed E-state index contributed by atoms with van der Waals surface area (Å²) < 4.78 is 5.66. The second-order valence-electron chi connectivity index (χ2n) is 6.97. The zero-order chi connectivity index (χ0) is 21.4. The minimum Gasteiger partial charge on any atom is -0.505 e. The van der Waals surface area contributed by atoms with Crippen LogP contribution in [-0.2, 0) is 14.3 Å². The van der Waals surface area contributed by atoms with Crippen LogP contribution in [0.4, 0.5) is 11.4 Å². The number of nitrogens with zero attached hydrogens (tertiary/aromatic N) is 2. The molecule has 2 amide bonds. The van der Waals surface area contributed by atoms with Crippen molar-refractivity contribution >= 4 is 50.7 Å². The van der Waals surface area contributed by atoms with Crippen molar-refractivity contribution in [3.8, 4) is 5.75 Å². The van der Waals surface area contributed by atoms with E-state index in [-0.39, 0.29) is 35.9 Å². The number of phenols is 1. The lowest BCUT2D eigenvalue weighted by Gasteiger charge is -2.17. The summed E-state index contributed by atoms with van der Waals surface area (Å²) in [5.74, 6) is -2.24. The Balaban J connectivity index is 1.51. The highest BCUT2D eigenvalue weighted by Gasteiger charge is 2.35. The number of aryl methyl sites for hydroxylation is 1. The number of hydrogen-bond donors (Lipinski definition) is 2. The van der Waals surface area contributed by atoms with Gasteiger partial charge in [-0.25, -0.2) is 9.78 Å². The molecule has 1 saturated heterocycles. The molecule has 0 spiro atoms. The fourth-order valence-corrected chi connectivity index (χ4v) is 4.29. The number of para-hydroxylation sites is 1. The van der Waals surface area contributed by atoms with Crippen LogP contribution in [0.2, 0.25) is 0 Å². The largest absolute Gasteiger partial charge is 0.505 e. The molecule has 154 valence electrons. The Labute approximate surface area is 176 Å². The molecule has 1 atom stereocenters. The van der Waals surface area contributed by atoms with E-state index in [0.717, 1.165) is 15.2 Å². The highest BCUT2D eigenvalue weighted by atomic mass is 32.1. The third kappa shape index (κ3) is 3.59. The van der Waals surface area contributed by atoms with Gasteiger partial charge in [0.05, 0.1) is 33.9 Å². The lowest BCUT2D eigenvalue weighted by molar-refractivity contribution is -0.122. The number of hydrogen-bond acceptors (Lipinski definition) is 7. The molecular weight excluding hydrogens is 406 g/mol. The van der Waals surface area contributed by atoms with Gasteiger partial charge in [-0.1, -0.05) is 6.07 Å². The van der Waals surface area contributed by atoms with E-state index in [1.165, 1.54) is 25.3 Å². The van der Waals surface area contributed by atoms with Gasteiger partial charge in [0.1, 0.15) is 5.56 Å². The standard InChI is InChI=1S/C21H19N3O5S/c1-11-22-16-9-13(6-7-17(16)30-11)24-10-12(8-18(24)25)20(27)23-15-5-3-4-14(19(15)26)21(28)29-2/h3-7,9,12,26H,8,10H2,1-2H3,(H,23,27). The second-order valence-corrected chi connectivity index (χ2v) is 8.21. The van der Waals surface area contributed by atoms with E-state index in [0.29, 0.717) is 5.69 Å². The minimum atomic E-state index is -0.710. The molecule has 2 heterocycles. The fourth-order valence-electron chi connectivity index (χ4n) is 3.49. The summed E-state index contributed by atoms with van der Waals surface area (Å²) in [6, 6.07) is 10.0. The van der Waals surface area contributed by atoms with Crippen LogP contribution in [-0.4, -0.2) is 41.5 Å². The average molecular weight is 425 g/mol. The number of thiazole rings is 1. The summed E-state index contributed by atoms with van der Waals surface area (Å²) in [6.45, 7) is 2.15. The summed E-state index contributed by atoms with van der Waals surface area (Å²) in [4.78, 5) is 43.0. The predicted octanol–water partition coefficient (Wildman–Crippen LogP) is 3.09. The van der Waals surface area contributed by atoms with Crippen molar-refractivity contribution in [2.75, 3.05) is 23.9 Å². The molecule has 2 N–H and O–H groups in total. The number of aromatic hydroxyl groups is 1. The predicted molar refractivity (Wildman–Crippen MR) is 113 cm³/mol. The summed E-state index contributed by atoms with van der Waals surface area (Å²) >= 11 is 1.58. The van der Waals surface area contributed by atoms with Gasteiger partial charge in [-0.15, -0.1) is 11.3 Å². The summed E-state index contributed by atoms with van der Waals surface area (Å²) in [5.41, 5.74) is 1.56. The highest BCUT2D eigenvalue weighted by Crippen LogP contribution is 2.32. The van der Waals surface area contributed by atoms with E-state index in [1.807, 2.05) is 25.1 Å². The number of methoxy groups -OCH3 is 1. The number of esters is 1. The molecule has 1 unspecified atom stereocenters. The molecular formula is C21H19N3O5S. The molecule has 1 aliphatic heterocycles. The van der Waals surface area contributed by atoms with E-state index in [2.05, 4.69) is 15.0 Å². The molecule has 1 fully saturated rings. The third-order valence-corrected chi connectivity index (χ3v) is 5.94. The Morgan fingerprint density at radius 3 is 2.87 bits per heavy atom. The molecule has 0 bridgehead atoms. The van der Waals surface area contributed by atoms with Crippen molar-refractivity contribution in [1.82, 2.24) is 4.98 Å². The molecule has 0 aliphatic carbocycles. The molecule has 4 rings (SSSR count). The Morgan fingerprint density at radius 1 is 1.30 bits per heavy atom. The van der Waals surface area contributed by atoms with Crippen molar-refractivity contribution in [1.29, 1.82) is 0 Å². The van der Waals surface area contributed by atoms with Gasteiger partial charge in [0, 0.05) is 18.7 Å². The fraction of sp³-hybridized carbons (Fsp3) is 0.238. The van der Waals surface area contributed by atoms with Gasteiger partial charge in [0.15, 0.2) is 5.75 Å². The van der Waals surface area contributed by atoms with Crippen LogP contribution in [0.5, 0.6) is 5.75 Å². The highest BCUT2D eigenvalue weighted by molar-refractivity contribution is 7.18. The first-order chi connectivity index (χ1) is 14.4. The van der Waals surface area contributed by atoms with Crippen molar-refractivity contribution in [3.05, 3.63) is 47.0 Å². The molecule has 9 heteroatoms. The number of carbonyl (C=O) groups excluding carboxylic acids is 3. The quantitative estimate of drug-likeness (QED) is 0.491. The first-order valence-corrected chi connectivity index (χ1v) is 10.1. The molecule has 0 radical (unpaired) electrons. The number of ether oxygens (including phenoxy) is 1. The van der Waals surface area contributed by atoms with E-state index < -0.39 is 17.8 Å². The lowest BCUT2D eigenvalue weighted by atomic mass is 10.1. The van der Waals surface area contributed by atoms with E-state index in [4.69, 9.17) is 0 Å². The van der Waals surface area contributed by atoms with Crippen LogP contribution in [0.25, 0.3) is 10.2 Å². The number of anilines is 2. The van der Waals surface area contributed by atoms with Gasteiger partial charge in [-0.05, 0) is 37.3 Å². The summed E-state index contributed by atoms with van der Waals surface area (Å²) in [5, 5.41) is 13.8. The van der Waals surface area contributed by atoms with E-state index in [9.17, 15) is 19.5 Å². The number of nitrogens with one attached hydrogen (secondary N) is 1. The van der Waals surface area contributed by atoms with Crippen LogP contribution in [0.15, 0.2) is 36.4 Å². The number of phenolic OH excluding ortho intramolecular Hbond substituents is 1. The van der Waals surface area contributed by atoms with Crippen LogP contribution in [0.3, 0.4) is 0 Å². The maximum Gasteiger partial charge on any atom is 0.341 e. The molecule has 3 aromatic rings. The Kier molecular flexibility index (Phi) is 5.13. The molecule has 2 aromatic carbocycles. The van der Waals surface area contributed by atoms with Crippen LogP contribution >= 0.6 is 11.3 Å². The second kappa shape index (κ2) is 7.75. The van der Waals surface area contributed by atoms with Gasteiger partial charge in [-0.2, -0.15) is 0 Å². The lowest BCUT2D eigenvalue weighted by Crippen LogP contribution is -2.28. The van der Waals surface area contributed by atoms with Crippen molar-refractivity contribution < 1.29 is 24.2 Å². The van der Waals surface area contributed by atoms with Gasteiger partial charge in [0.25, 0.3) is 0 Å². The van der Waals surface area contributed by atoms with Crippen LogP contribution < -0.4 is 10.2 Å². The molecule has 0 saturated carbocycles. The maximum absolute atomic E-state index is 12.7. The monoisotopic (exact) mass is 425 g/mol. The molecule has 30 heavy (non-hydrogen) atoms. The van der Waals surface area contributed by atoms with Crippen LogP contribution in [0, 0.1) is 12.8 Å². The zero-order valence-electron chi connectivity index (χ0n) is 16.3. The van der Waals surface area contributed by atoms with Gasteiger partial charge >= 0.3 is 5.97 Å². The first kappa shape index (κ1) is 19.8. The average Bonchev–Trinajstić information content (AvgIpc) is 3.29. The number of amides is 2. The van der Waals surface area contributed by atoms with E-state index >= 15 is 0 Å². The van der Waals surface area contributed by atoms with Crippen molar-refractivity contribution in [2.24, 2.45) is 5.92 Å². The molecule has 1 aromatic heterocycles. The Hall–Kier alpha value is -3.46. The number of fused-ring (bicyclic) bond motifs is 1. The van der Waals surface area contributed by atoms with Gasteiger partial charge in [0.2, 0.25) is 11.8 Å².